The number of rotatable bonds is 6. The Morgan fingerprint density at radius 3 is 2.62 bits per heavy atom. The summed E-state index contributed by atoms with van der Waals surface area (Å²) in [7, 11) is 0. The first-order valence-electron chi connectivity index (χ1n) is 10.00. The lowest BCUT2D eigenvalue weighted by atomic mass is 9.95. The van der Waals surface area contributed by atoms with Gasteiger partial charge in [-0.2, -0.15) is 5.10 Å². The van der Waals surface area contributed by atoms with Crippen LogP contribution < -0.4 is 10.6 Å². The molecule has 2 heterocycles. The van der Waals surface area contributed by atoms with Crippen LogP contribution in [0.25, 0.3) is 10.7 Å². The topological polar surface area (TPSA) is 74.7 Å². The van der Waals surface area contributed by atoms with Gasteiger partial charge in [0.15, 0.2) is 10.6 Å². The summed E-state index contributed by atoms with van der Waals surface area (Å²) < 4.78 is 2.19. The smallest absolute Gasteiger partial charge is 0.247 e. The highest BCUT2D eigenvalue weighted by molar-refractivity contribution is 7.71. The van der Waals surface area contributed by atoms with Gasteiger partial charge in [0.2, 0.25) is 5.91 Å². The van der Waals surface area contributed by atoms with Crippen LogP contribution in [0.15, 0.2) is 41.8 Å². The number of hydrogen-bond donors (Lipinski definition) is 3. The van der Waals surface area contributed by atoms with Gasteiger partial charge in [-0.05, 0) is 67.7 Å². The largest absolute Gasteiger partial charge is 0.382 e. The van der Waals surface area contributed by atoms with Gasteiger partial charge in [0.05, 0.1) is 4.88 Å². The van der Waals surface area contributed by atoms with Crippen molar-refractivity contribution in [3.63, 3.8) is 0 Å². The molecule has 152 valence electrons. The third-order valence-corrected chi connectivity index (χ3v) is 6.49. The third kappa shape index (κ3) is 4.59. The second-order valence-electron chi connectivity index (χ2n) is 7.42. The molecule has 8 heteroatoms. The number of H-pyrrole nitrogens is 1. The lowest BCUT2D eigenvalue weighted by Crippen LogP contribution is -2.24. The first-order chi connectivity index (χ1) is 14.1. The summed E-state index contributed by atoms with van der Waals surface area (Å²) in [5.74, 6) is 0.549. The molecule has 0 aliphatic heterocycles. The highest BCUT2D eigenvalue weighted by Crippen LogP contribution is 2.26. The van der Waals surface area contributed by atoms with E-state index in [0.29, 0.717) is 16.6 Å². The first-order valence-corrected chi connectivity index (χ1v) is 11.3. The normalized spacial score (nSPS) is 15.8. The van der Waals surface area contributed by atoms with E-state index in [1.165, 1.54) is 32.1 Å². The number of amides is 1. The van der Waals surface area contributed by atoms with Crippen LogP contribution in [0.2, 0.25) is 0 Å². The summed E-state index contributed by atoms with van der Waals surface area (Å²) in [6.45, 7) is 1.83. The molecular formula is C21H25N5OS2. The van der Waals surface area contributed by atoms with Crippen LogP contribution in [0.1, 0.15) is 45.1 Å². The van der Waals surface area contributed by atoms with Crippen molar-refractivity contribution in [2.45, 2.75) is 51.1 Å². The second kappa shape index (κ2) is 8.92. The van der Waals surface area contributed by atoms with E-state index in [9.17, 15) is 4.79 Å². The molecule has 0 radical (unpaired) electrons. The fraction of sp³-hybridized carbons (Fsp3) is 0.381. The zero-order chi connectivity index (χ0) is 20.2. The minimum atomic E-state index is -0.488. The number of benzene rings is 1. The SMILES string of the molecule is CC(C(=O)Nc1ccc(NC2CCCCC2)cc1)n1c(-c2cccs2)n[nH]c1=S. The molecule has 1 aromatic carbocycles. The molecule has 1 aliphatic rings. The Labute approximate surface area is 179 Å². The van der Waals surface area contributed by atoms with Crippen LogP contribution in [0.4, 0.5) is 11.4 Å². The predicted octanol–water partition coefficient (Wildman–Crippen LogP) is 5.61. The number of carbonyl (C=O) groups is 1. The maximum atomic E-state index is 12.9. The molecule has 6 nitrogen and oxygen atoms in total. The summed E-state index contributed by atoms with van der Waals surface area (Å²) in [5, 5.41) is 15.7. The summed E-state index contributed by atoms with van der Waals surface area (Å²) >= 11 is 6.93. The van der Waals surface area contributed by atoms with E-state index in [2.05, 4.69) is 20.8 Å². The minimum absolute atomic E-state index is 0.131. The average molecular weight is 428 g/mol. The Bertz CT molecular complexity index is 1000. The third-order valence-electron chi connectivity index (χ3n) is 5.34. The highest BCUT2D eigenvalue weighted by Gasteiger charge is 2.21. The molecule has 0 spiro atoms. The summed E-state index contributed by atoms with van der Waals surface area (Å²) in [6, 6.07) is 11.9. The molecule has 1 aliphatic carbocycles. The minimum Gasteiger partial charge on any atom is -0.382 e. The van der Waals surface area contributed by atoms with E-state index in [4.69, 9.17) is 12.2 Å². The van der Waals surface area contributed by atoms with Gasteiger partial charge in [-0.3, -0.25) is 14.5 Å². The molecule has 0 saturated heterocycles. The zero-order valence-electron chi connectivity index (χ0n) is 16.4. The highest BCUT2D eigenvalue weighted by atomic mass is 32.1. The first kappa shape index (κ1) is 19.8. The van der Waals surface area contributed by atoms with Gasteiger partial charge in [0, 0.05) is 17.4 Å². The van der Waals surface area contributed by atoms with Crippen molar-refractivity contribution in [1.82, 2.24) is 14.8 Å². The van der Waals surface area contributed by atoms with Gasteiger partial charge in [-0.15, -0.1) is 11.3 Å². The van der Waals surface area contributed by atoms with Crippen molar-refractivity contribution in [3.8, 4) is 10.7 Å². The van der Waals surface area contributed by atoms with E-state index < -0.39 is 6.04 Å². The molecule has 1 saturated carbocycles. The Kier molecular flexibility index (Phi) is 6.10. The lowest BCUT2D eigenvalue weighted by molar-refractivity contribution is -0.118. The Morgan fingerprint density at radius 2 is 1.93 bits per heavy atom. The van der Waals surface area contributed by atoms with Crippen LogP contribution in [0, 0.1) is 4.77 Å². The van der Waals surface area contributed by atoms with Gasteiger partial charge in [0.1, 0.15) is 6.04 Å². The van der Waals surface area contributed by atoms with Crippen LogP contribution in [-0.2, 0) is 4.79 Å². The molecule has 4 rings (SSSR count). The van der Waals surface area contributed by atoms with Crippen molar-refractivity contribution in [2.24, 2.45) is 0 Å². The molecule has 0 bridgehead atoms. The summed E-state index contributed by atoms with van der Waals surface area (Å²) in [4.78, 5) is 13.8. The van der Waals surface area contributed by atoms with Crippen molar-refractivity contribution in [1.29, 1.82) is 0 Å². The number of aromatic amines is 1. The Balaban J connectivity index is 1.43. The van der Waals surface area contributed by atoms with Crippen LogP contribution in [0.5, 0.6) is 0 Å². The molecule has 1 unspecified atom stereocenters. The van der Waals surface area contributed by atoms with Gasteiger partial charge in [-0.1, -0.05) is 25.3 Å². The number of thiophene rings is 1. The van der Waals surface area contributed by atoms with Gasteiger partial charge in [0.25, 0.3) is 0 Å². The van der Waals surface area contributed by atoms with Crippen molar-refractivity contribution < 1.29 is 4.79 Å². The quantitative estimate of drug-likeness (QED) is 0.447. The van der Waals surface area contributed by atoms with E-state index in [1.807, 2.05) is 48.7 Å². The van der Waals surface area contributed by atoms with E-state index in [1.54, 1.807) is 15.9 Å². The van der Waals surface area contributed by atoms with E-state index in [-0.39, 0.29) is 5.91 Å². The maximum absolute atomic E-state index is 12.9. The summed E-state index contributed by atoms with van der Waals surface area (Å²) in [6.07, 6.45) is 6.40. The van der Waals surface area contributed by atoms with Crippen molar-refractivity contribution in [3.05, 3.63) is 46.5 Å². The van der Waals surface area contributed by atoms with Crippen LogP contribution in [0.3, 0.4) is 0 Å². The van der Waals surface area contributed by atoms with Crippen LogP contribution in [-0.4, -0.2) is 26.7 Å². The van der Waals surface area contributed by atoms with Gasteiger partial charge < -0.3 is 10.6 Å². The molecule has 29 heavy (non-hydrogen) atoms. The molecule has 3 N–H and O–H groups in total. The lowest BCUT2D eigenvalue weighted by Gasteiger charge is -2.24. The van der Waals surface area contributed by atoms with E-state index >= 15 is 0 Å². The monoisotopic (exact) mass is 427 g/mol. The molecule has 1 fully saturated rings. The van der Waals surface area contributed by atoms with Gasteiger partial charge >= 0.3 is 0 Å². The Morgan fingerprint density at radius 1 is 1.21 bits per heavy atom. The van der Waals surface area contributed by atoms with Gasteiger partial charge in [-0.25, -0.2) is 0 Å². The predicted molar refractivity (Wildman–Crippen MR) is 121 cm³/mol. The number of anilines is 2. The second-order valence-corrected chi connectivity index (χ2v) is 8.76. The van der Waals surface area contributed by atoms with Crippen molar-refractivity contribution >= 4 is 40.8 Å². The number of carbonyl (C=O) groups excluding carboxylic acids is 1. The average Bonchev–Trinajstić information content (AvgIpc) is 3.39. The number of hydrogen-bond acceptors (Lipinski definition) is 5. The number of aromatic nitrogens is 3. The molecular weight excluding hydrogens is 402 g/mol. The number of nitrogens with zero attached hydrogens (tertiary/aromatic N) is 2. The standard InChI is InChI=1S/C21H25N5OS2/c1-14(26-19(24-25-21(26)28)18-8-5-13-29-18)20(27)23-17-11-9-16(10-12-17)22-15-6-3-2-4-7-15/h5,8-15,22H,2-4,6-7H2,1H3,(H,23,27)(H,25,28). The van der Waals surface area contributed by atoms with E-state index in [0.717, 1.165) is 16.3 Å². The zero-order valence-corrected chi connectivity index (χ0v) is 18.0. The summed E-state index contributed by atoms with van der Waals surface area (Å²) in [5.41, 5.74) is 1.86. The Hall–Kier alpha value is -2.45. The molecule has 1 atom stereocenters. The fourth-order valence-electron chi connectivity index (χ4n) is 3.74. The fourth-order valence-corrected chi connectivity index (χ4v) is 4.74. The maximum Gasteiger partial charge on any atom is 0.247 e. The molecule has 1 amide bonds. The van der Waals surface area contributed by atoms with Crippen molar-refractivity contribution in [2.75, 3.05) is 10.6 Å². The van der Waals surface area contributed by atoms with Crippen LogP contribution >= 0.6 is 23.6 Å². The number of nitrogens with one attached hydrogen (secondary N) is 3. The molecule has 3 aromatic rings. The molecule has 2 aromatic heterocycles.